The lowest BCUT2D eigenvalue weighted by atomic mass is 10.2. The maximum absolute atomic E-state index is 13.7. The SMILES string of the molecule is Fc1ccc(-n2cnc3ccccc32)c(F)c1.Fc1ccc(I)c(F)c1.c1ccc2[nH]cnc2c1. The average Bonchev–Trinajstić information content (AvgIpc) is 3.50. The number of nitrogens with zero attached hydrogens (tertiary/aromatic N) is 3. The number of hydrogen-bond donors (Lipinski definition) is 1. The van der Waals surface area contributed by atoms with Gasteiger partial charge in [-0.1, -0.05) is 24.3 Å². The maximum Gasteiger partial charge on any atom is 0.150 e. The third kappa shape index (κ3) is 6.04. The van der Waals surface area contributed by atoms with Crippen LogP contribution >= 0.6 is 22.6 Å². The first-order valence-electron chi connectivity index (χ1n) is 10.3. The molecule has 6 aromatic rings. The summed E-state index contributed by atoms with van der Waals surface area (Å²) in [5.74, 6) is -2.23. The van der Waals surface area contributed by atoms with E-state index < -0.39 is 23.3 Å². The van der Waals surface area contributed by atoms with Gasteiger partial charge in [0.2, 0.25) is 0 Å². The molecule has 176 valence electrons. The van der Waals surface area contributed by atoms with E-state index in [0.29, 0.717) is 9.26 Å². The molecule has 0 aliphatic carbocycles. The van der Waals surface area contributed by atoms with E-state index >= 15 is 0 Å². The van der Waals surface area contributed by atoms with Crippen molar-refractivity contribution in [3.05, 3.63) is 124 Å². The first-order chi connectivity index (χ1) is 16.9. The molecule has 2 heterocycles. The molecule has 2 aromatic heterocycles. The normalized spacial score (nSPS) is 10.4. The van der Waals surface area contributed by atoms with Crippen molar-refractivity contribution in [3.63, 3.8) is 0 Å². The van der Waals surface area contributed by atoms with Gasteiger partial charge in [0.05, 0.1) is 34.1 Å². The first kappa shape index (κ1) is 24.4. The molecule has 0 bridgehead atoms. The fourth-order valence-corrected chi connectivity index (χ4v) is 3.51. The van der Waals surface area contributed by atoms with Gasteiger partial charge in [-0.3, -0.25) is 4.57 Å². The Bertz CT molecular complexity index is 1550. The molecule has 35 heavy (non-hydrogen) atoms. The minimum Gasteiger partial charge on any atom is -0.345 e. The number of rotatable bonds is 1. The quantitative estimate of drug-likeness (QED) is 0.123. The summed E-state index contributed by atoms with van der Waals surface area (Å²) in [6, 6.07) is 22.3. The van der Waals surface area contributed by atoms with Crippen LogP contribution in [0.2, 0.25) is 0 Å². The molecule has 0 fully saturated rings. The maximum atomic E-state index is 13.7. The molecule has 0 aliphatic rings. The number of benzene rings is 4. The number of para-hydroxylation sites is 4. The highest BCUT2D eigenvalue weighted by atomic mass is 127. The second-order valence-corrected chi connectivity index (χ2v) is 8.34. The van der Waals surface area contributed by atoms with E-state index in [-0.39, 0.29) is 0 Å². The smallest absolute Gasteiger partial charge is 0.150 e. The Labute approximate surface area is 211 Å². The van der Waals surface area contributed by atoms with Gasteiger partial charge in [-0.05, 0) is 71.1 Å². The molecule has 9 heteroatoms. The highest BCUT2D eigenvalue weighted by molar-refractivity contribution is 14.1. The van der Waals surface area contributed by atoms with E-state index in [1.165, 1.54) is 30.6 Å². The molecule has 0 atom stereocenters. The molecule has 0 unspecified atom stereocenters. The van der Waals surface area contributed by atoms with Crippen molar-refractivity contribution in [1.82, 2.24) is 19.5 Å². The van der Waals surface area contributed by atoms with E-state index in [0.717, 1.165) is 34.2 Å². The molecular formula is C26H17F4IN4. The largest absolute Gasteiger partial charge is 0.345 e. The zero-order chi connectivity index (χ0) is 24.8. The van der Waals surface area contributed by atoms with Crippen LogP contribution in [0, 0.1) is 26.8 Å². The van der Waals surface area contributed by atoms with E-state index in [9.17, 15) is 17.6 Å². The fraction of sp³-hybridized carbons (Fsp3) is 0. The van der Waals surface area contributed by atoms with Crippen molar-refractivity contribution in [2.75, 3.05) is 0 Å². The van der Waals surface area contributed by atoms with Crippen molar-refractivity contribution >= 4 is 44.7 Å². The van der Waals surface area contributed by atoms with Gasteiger partial charge in [-0.15, -0.1) is 0 Å². The van der Waals surface area contributed by atoms with Crippen molar-refractivity contribution in [2.24, 2.45) is 0 Å². The van der Waals surface area contributed by atoms with Gasteiger partial charge in [0, 0.05) is 15.7 Å². The van der Waals surface area contributed by atoms with Crippen LogP contribution in [-0.4, -0.2) is 19.5 Å². The summed E-state index contributed by atoms with van der Waals surface area (Å²) in [7, 11) is 0. The van der Waals surface area contributed by atoms with E-state index in [1.807, 2.05) is 48.5 Å². The molecule has 1 N–H and O–H groups in total. The minimum absolute atomic E-state index is 0.292. The zero-order valence-electron chi connectivity index (χ0n) is 18.0. The first-order valence-corrected chi connectivity index (χ1v) is 11.4. The van der Waals surface area contributed by atoms with Crippen molar-refractivity contribution < 1.29 is 17.6 Å². The summed E-state index contributed by atoms with van der Waals surface area (Å²) in [6.07, 6.45) is 3.23. The summed E-state index contributed by atoms with van der Waals surface area (Å²) in [4.78, 5) is 11.2. The Morgan fingerprint density at radius 3 is 2.03 bits per heavy atom. The lowest BCUT2D eigenvalue weighted by molar-refractivity contribution is 0.577. The average molecular weight is 588 g/mol. The number of aromatic amines is 1. The highest BCUT2D eigenvalue weighted by Gasteiger charge is 2.09. The van der Waals surface area contributed by atoms with Gasteiger partial charge >= 0.3 is 0 Å². The molecule has 6 rings (SSSR count). The molecule has 0 radical (unpaired) electrons. The third-order valence-corrected chi connectivity index (χ3v) is 5.71. The van der Waals surface area contributed by atoms with Crippen LogP contribution in [0.4, 0.5) is 17.6 Å². The van der Waals surface area contributed by atoms with Gasteiger partial charge in [0.15, 0.2) is 0 Å². The number of fused-ring (bicyclic) bond motifs is 2. The van der Waals surface area contributed by atoms with E-state index in [2.05, 4.69) is 15.0 Å². The number of aromatic nitrogens is 4. The number of halogens is 5. The number of nitrogens with one attached hydrogen (secondary N) is 1. The Morgan fingerprint density at radius 2 is 1.34 bits per heavy atom. The monoisotopic (exact) mass is 588 g/mol. The summed E-state index contributed by atoms with van der Waals surface area (Å²) in [5.41, 5.74) is 3.98. The van der Waals surface area contributed by atoms with Crippen molar-refractivity contribution in [3.8, 4) is 5.69 Å². The highest BCUT2D eigenvalue weighted by Crippen LogP contribution is 2.20. The lowest BCUT2D eigenvalue weighted by Gasteiger charge is -2.05. The van der Waals surface area contributed by atoms with Gasteiger partial charge < -0.3 is 4.98 Å². The van der Waals surface area contributed by atoms with Crippen LogP contribution in [0.15, 0.2) is 97.6 Å². The number of H-pyrrole nitrogens is 1. The van der Waals surface area contributed by atoms with E-state index in [4.69, 9.17) is 0 Å². The standard InChI is InChI=1S/C13H8F2N2.C7H6N2.C6H3F2I/c14-9-5-6-12(10(15)7-9)17-8-16-11-3-1-2-4-13(11)17;1-2-4-7-6(3-1)8-5-9-7;7-4-1-2-6(9)5(8)3-4/h1-8H;1-5H,(H,8,9);1-3H. The van der Waals surface area contributed by atoms with Crippen LogP contribution in [-0.2, 0) is 0 Å². The molecule has 0 saturated heterocycles. The second-order valence-electron chi connectivity index (χ2n) is 7.18. The molecule has 4 aromatic carbocycles. The van der Waals surface area contributed by atoms with Crippen LogP contribution < -0.4 is 0 Å². The Hall–Kier alpha value is -3.73. The fourth-order valence-electron chi connectivity index (χ4n) is 3.18. The zero-order valence-corrected chi connectivity index (χ0v) is 20.1. The Balaban J connectivity index is 0.000000136. The Morgan fingerprint density at radius 1 is 0.686 bits per heavy atom. The minimum atomic E-state index is -0.604. The van der Waals surface area contributed by atoms with Crippen LogP contribution in [0.3, 0.4) is 0 Å². The molecular weight excluding hydrogens is 571 g/mol. The second kappa shape index (κ2) is 11.1. The molecule has 0 amide bonds. The van der Waals surface area contributed by atoms with Crippen molar-refractivity contribution in [2.45, 2.75) is 0 Å². The Kier molecular flexibility index (Phi) is 7.76. The van der Waals surface area contributed by atoms with Crippen LogP contribution in [0.5, 0.6) is 0 Å². The topological polar surface area (TPSA) is 46.5 Å². The van der Waals surface area contributed by atoms with Crippen LogP contribution in [0.25, 0.3) is 27.8 Å². The summed E-state index contributed by atoms with van der Waals surface area (Å²) in [5, 5.41) is 0. The lowest BCUT2D eigenvalue weighted by Crippen LogP contribution is -1.96. The van der Waals surface area contributed by atoms with Gasteiger partial charge in [-0.2, -0.15) is 0 Å². The van der Waals surface area contributed by atoms with Crippen molar-refractivity contribution in [1.29, 1.82) is 0 Å². The predicted octanol–water partition coefficient (Wildman–Crippen LogP) is 7.44. The predicted molar refractivity (Wildman–Crippen MR) is 136 cm³/mol. The van der Waals surface area contributed by atoms with Gasteiger partial charge in [0.25, 0.3) is 0 Å². The molecule has 4 nitrogen and oxygen atoms in total. The van der Waals surface area contributed by atoms with Gasteiger partial charge in [-0.25, -0.2) is 27.5 Å². The van der Waals surface area contributed by atoms with E-state index in [1.54, 1.807) is 33.5 Å². The summed E-state index contributed by atoms with van der Waals surface area (Å²) < 4.78 is 53.0. The van der Waals surface area contributed by atoms with Gasteiger partial charge in [0.1, 0.15) is 29.6 Å². The number of imidazole rings is 2. The third-order valence-electron chi connectivity index (χ3n) is 4.83. The molecule has 0 aliphatic heterocycles. The summed E-state index contributed by atoms with van der Waals surface area (Å²) in [6.45, 7) is 0. The molecule has 0 saturated carbocycles. The van der Waals surface area contributed by atoms with Crippen LogP contribution in [0.1, 0.15) is 0 Å². The number of hydrogen-bond acceptors (Lipinski definition) is 2. The summed E-state index contributed by atoms with van der Waals surface area (Å²) >= 11 is 1.80. The molecule has 0 spiro atoms.